The molecule has 0 radical (unpaired) electrons. The average Bonchev–Trinajstić information content (AvgIpc) is 2.91. The Morgan fingerprint density at radius 3 is 2.60 bits per heavy atom. The summed E-state index contributed by atoms with van der Waals surface area (Å²) in [6.45, 7) is 5.31. The summed E-state index contributed by atoms with van der Waals surface area (Å²) in [7, 11) is 0. The molecule has 4 unspecified atom stereocenters. The van der Waals surface area contributed by atoms with Gasteiger partial charge in [0.1, 0.15) is 6.04 Å². The molecule has 2 aliphatic rings. The SMILES string of the molecule is CC(C)CC(NC1CCCCC1C1CCCN1)C(=O)O. The highest BCUT2D eigenvalue weighted by Gasteiger charge is 2.35. The molecule has 1 saturated carbocycles. The van der Waals surface area contributed by atoms with Gasteiger partial charge in [-0.05, 0) is 50.5 Å². The quantitative estimate of drug-likeness (QED) is 0.700. The topological polar surface area (TPSA) is 61.4 Å². The number of nitrogens with one attached hydrogen (secondary N) is 2. The van der Waals surface area contributed by atoms with Crippen molar-refractivity contribution < 1.29 is 9.90 Å². The first-order valence-electron chi connectivity index (χ1n) is 8.30. The van der Waals surface area contributed by atoms with Gasteiger partial charge in [0.15, 0.2) is 0 Å². The fraction of sp³-hybridized carbons (Fsp3) is 0.938. The van der Waals surface area contributed by atoms with Crippen LogP contribution < -0.4 is 10.6 Å². The average molecular weight is 282 g/mol. The molecule has 0 amide bonds. The van der Waals surface area contributed by atoms with Crippen molar-refractivity contribution >= 4 is 5.97 Å². The lowest BCUT2D eigenvalue weighted by molar-refractivity contribution is -0.140. The third-order valence-electron chi connectivity index (χ3n) is 4.86. The molecule has 0 aromatic carbocycles. The van der Waals surface area contributed by atoms with Crippen LogP contribution in [0.15, 0.2) is 0 Å². The Balaban J connectivity index is 1.97. The van der Waals surface area contributed by atoms with Crippen LogP contribution in [-0.4, -0.2) is 35.7 Å². The minimum atomic E-state index is -0.692. The van der Waals surface area contributed by atoms with E-state index in [0.717, 1.165) is 19.4 Å². The van der Waals surface area contributed by atoms with E-state index in [1.54, 1.807) is 0 Å². The van der Waals surface area contributed by atoms with Gasteiger partial charge in [-0.1, -0.05) is 26.7 Å². The van der Waals surface area contributed by atoms with E-state index in [9.17, 15) is 9.90 Å². The van der Waals surface area contributed by atoms with Crippen molar-refractivity contribution in [1.29, 1.82) is 0 Å². The number of hydrogen-bond acceptors (Lipinski definition) is 3. The van der Waals surface area contributed by atoms with Crippen LogP contribution in [0.3, 0.4) is 0 Å². The zero-order valence-corrected chi connectivity index (χ0v) is 12.9. The van der Waals surface area contributed by atoms with Gasteiger partial charge >= 0.3 is 5.97 Å². The van der Waals surface area contributed by atoms with E-state index in [2.05, 4.69) is 24.5 Å². The van der Waals surface area contributed by atoms with Crippen molar-refractivity contribution in [2.24, 2.45) is 11.8 Å². The lowest BCUT2D eigenvalue weighted by Gasteiger charge is -2.38. The van der Waals surface area contributed by atoms with Gasteiger partial charge in [0.2, 0.25) is 0 Å². The van der Waals surface area contributed by atoms with Gasteiger partial charge in [-0.3, -0.25) is 4.79 Å². The number of carboxylic acid groups (broad SMARTS) is 1. The lowest BCUT2D eigenvalue weighted by Crippen LogP contribution is -2.52. The van der Waals surface area contributed by atoms with Crippen LogP contribution in [0.25, 0.3) is 0 Å². The highest BCUT2D eigenvalue weighted by Crippen LogP contribution is 2.31. The van der Waals surface area contributed by atoms with Gasteiger partial charge in [-0.2, -0.15) is 0 Å². The number of aliphatic carboxylic acids is 1. The highest BCUT2D eigenvalue weighted by atomic mass is 16.4. The second-order valence-electron chi connectivity index (χ2n) is 6.94. The largest absolute Gasteiger partial charge is 0.480 e. The maximum Gasteiger partial charge on any atom is 0.320 e. The van der Waals surface area contributed by atoms with Crippen LogP contribution in [0, 0.1) is 11.8 Å². The molecule has 1 heterocycles. The number of hydrogen-bond donors (Lipinski definition) is 3. The molecule has 2 rings (SSSR count). The zero-order chi connectivity index (χ0) is 14.5. The second kappa shape index (κ2) is 7.41. The molecule has 4 atom stereocenters. The normalized spacial score (nSPS) is 32.5. The fourth-order valence-electron chi connectivity index (χ4n) is 3.89. The molecule has 0 bridgehead atoms. The smallest absolute Gasteiger partial charge is 0.320 e. The van der Waals surface area contributed by atoms with Gasteiger partial charge in [0, 0.05) is 12.1 Å². The predicted molar refractivity (Wildman–Crippen MR) is 80.8 cm³/mol. The third-order valence-corrected chi connectivity index (χ3v) is 4.86. The van der Waals surface area contributed by atoms with E-state index in [4.69, 9.17) is 0 Å². The first-order valence-corrected chi connectivity index (χ1v) is 8.30. The molecular formula is C16H30N2O2. The number of carbonyl (C=O) groups is 1. The number of carboxylic acids is 1. The molecule has 0 spiro atoms. The van der Waals surface area contributed by atoms with E-state index >= 15 is 0 Å². The Hall–Kier alpha value is -0.610. The minimum Gasteiger partial charge on any atom is -0.480 e. The Kier molecular flexibility index (Phi) is 5.85. The van der Waals surface area contributed by atoms with Crippen molar-refractivity contribution in [3.05, 3.63) is 0 Å². The molecule has 1 saturated heterocycles. The maximum atomic E-state index is 11.5. The molecular weight excluding hydrogens is 252 g/mol. The van der Waals surface area contributed by atoms with Gasteiger partial charge < -0.3 is 15.7 Å². The summed E-state index contributed by atoms with van der Waals surface area (Å²) in [5.74, 6) is 0.331. The lowest BCUT2D eigenvalue weighted by atomic mass is 9.78. The van der Waals surface area contributed by atoms with E-state index in [0.29, 0.717) is 23.9 Å². The van der Waals surface area contributed by atoms with E-state index in [1.807, 2.05) is 0 Å². The Morgan fingerprint density at radius 1 is 1.25 bits per heavy atom. The summed E-state index contributed by atoms with van der Waals surface area (Å²) in [5.41, 5.74) is 0. The maximum absolute atomic E-state index is 11.5. The van der Waals surface area contributed by atoms with Crippen LogP contribution >= 0.6 is 0 Å². The molecule has 2 fully saturated rings. The highest BCUT2D eigenvalue weighted by molar-refractivity contribution is 5.73. The fourth-order valence-corrected chi connectivity index (χ4v) is 3.89. The van der Waals surface area contributed by atoms with Gasteiger partial charge in [-0.15, -0.1) is 0 Å². The first kappa shape index (κ1) is 15.8. The molecule has 1 aliphatic carbocycles. The third kappa shape index (κ3) is 4.19. The van der Waals surface area contributed by atoms with Crippen LogP contribution in [0.2, 0.25) is 0 Å². The van der Waals surface area contributed by atoms with Gasteiger partial charge in [0.25, 0.3) is 0 Å². The first-order chi connectivity index (χ1) is 9.58. The summed E-state index contributed by atoms with van der Waals surface area (Å²) in [6, 6.07) is 0.586. The zero-order valence-electron chi connectivity index (χ0n) is 12.9. The molecule has 4 nitrogen and oxygen atoms in total. The molecule has 20 heavy (non-hydrogen) atoms. The minimum absolute atomic E-state index is 0.374. The number of rotatable bonds is 6. The molecule has 4 heteroatoms. The predicted octanol–water partition coefficient (Wildman–Crippen LogP) is 2.39. The Labute approximate surface area is 122 Å². The van der Waals surface area contributed by atoms with Crippen LogP contribution in [-0.2, 0) is 4.79 Å². The van der Waals surface area contributed by atoms with Gasteiger partial charge in [-0.25, -0.2) is 0 Å². The summed E-state index contributed by atoms with van der Waals surface area (Å²) in [4.78, 5) is 11.5. The van der Waals surface area contributed by atoms with Crippen LogP contribution in [0.5, 0.6) is 0 Å². The molecule has 116 valence electrons. The van der Waals surface area contributed by atoms with Crippen LogP contribution in [0.4, 0.5) is 0 Å². The standard InChI is InChI=1S/C16H30N2O2/c1-11(2)10-15(16(19)20)18-14-7-4-3-6-12(14)13-8-5-9-17-13/h11-15,17-18H,3-10H2,1-2H3,(H,19,20). The molecule has 3 N–H and O–H groups in total. The summed E-state index contributed by atoms with van der Waals surface area (Å²) in [6.07, 6.45) is 8.13. The van der Waals surface area contributed by atoms with Crippen molar-refractivity contribution in [2.45, 2.75) is 76.9 Å². The Morgan fingerprint density at radius 2 is 2.00 bits per heavy atom. The van der Waals surface area contributed by atoms with E-state index in [1.165, 1.54) is 32.1 Å². The van der Waals surface area contributed by atoms with Crippen molar-refractivity contribution in [3.63, 3.8) is 0 Å². The van der Waals surface area contributed by atoms with Crippen molar-refractivity contribution in [1.82, 2.24) is 10.6 Å². The van der Waals surface area contributed by atoms with E-state index in [-0.39, 0.29) is 6.04 Å². The monoisotopic (exact) mass is 282 g/mol. The van der Waals surface area contributed by atoms with Gasteiger partial charge in [0.05, 0.1) is 0 Å². The summed E-state index contributed by atoms with van der Waals surface area (Å²) >= 11 is 0. The van der Waals surface area contributed by atoms with Crippen molar-refractivity contribution in [2.75, 3.05) is 6.54 Å². The van der Waals surface area contributed by atoms with Crippen LogP contribution in [0.1, 0.15) is 58.8 Å². The molecule has 0 aromatic rings. The molecule has 0 aromatic heterocycles. The van der Waals surface area contributed by atoms with Crippen molar-refractivity contribution in [3.8, 4) is 0 Å². The Bertz CT molecular complexity index is 314. The summed E-state index contributed by atoms with van der Waals surface area (Å²) in [5, 5.41) is 16.5. The van der Waals surface area contributed by atoms with E-state index < -0.39 is 5.97 Å². The molecule has 1 aliphatic heterocycles. The summed E-state index contributed by atoms with van der Waals surface area (Å²) < 4.78 is 0. The second-order valence-corrected chi connectivity index (χ2v) is 6.94.